The molecule has 0 aliphatic rings. The van der Waals surface area contributed by atoms with Gasteiger partial charge in [-0.05, 0) is 45.0 Å². The second-order valence-electron chi connectivity index (χ2n) is 4.84. The van der Waals surface area contributed by atoms with Crippen LogP contribution in [0.3, 0.4) is 0 Å². The Labute approximate surface area is 133 Å². The highest BCUT2D eigenvalue weighted by molar-refractivity contribution is 7.99. The smallest absolute Gasteiger partial charge is 0.277 e. The first-order valence-electron chi connectivity index (χ1n) is 7.07. The number of thioether (sulfide) groups is 1. The Morgan fingerprint density at radius 2 is 2.05 bits per heavy atom. The van der Waals surface area contributed by atoms with Crippen LogP contribution in [0.5, 0.6) is 5.75 Å². The van der Waals surface area contributed by atoms with E-state index in [0.29, 0.717) is 17.7 Å². The van der Waals surface area contributed by atoms with Crippen molar-refractivity contribution in [2.45, 2.75) is 32.0 Å². The van der Waals surface area contributed by atoms with E-state index in [-0.39, 0.29) is 17.7 Å². The van der Waals surface area contributed by atoms with Crippen LogP contribution in [0.2, 0.25) is 0 Å². The van der Waals surface area contributed by atoms with Gasteiger partial charge in [-0.2, -0.15) is 0 Å². The summed E-state index contributed by atoms with van der Waals surface area (Å²) in [6.45, 7) is 6.39. The lowest BCUT2D eigenvalue weighted by atomic mass is 10.2. The molecule has 1 N–H and O–H groups in total. The van der Waals surface area contributed by atoms with E-state index >= 15 is 0 Å². The lowest BCUT2D eigenvalue weighted by Crippen LogP contribution is -2.31. The van der Waals surface area contributed by atoms with Crippen molar-refractivity contribution in [1.82, 2.24) is 15.5 Å². The molecule has 1 aromatic heterocycles. The Bertz CT molecular complexity index is 611. The summed E-state index contributed by atoms with van der Waals surface area (Å²) in [7, 11) is 0. The summed E-state index contributed by atoms with van der Waals surface area (Å²) >= 11 is 1.22. The SMILES string of the molecule is CCOc1ccc(-c2nnc(SCC(=O)NC(C)C)o2)cc1. The van der Waals surface area contributed by atoms with Crippen LogP contribution in [-0.4, -0.2) is 34.5 Å². The molecule has 0 unspecified atom stereocenters. The summed E-state index contributed by atoms with van der Waals surface area (Å²) < 4.78 is 10.9. The van der Waals surface area contributed by atoms with Gasteiger partial charge in [-0.15, -0.1) is 10.2 Å². The zero-order valence-electron chi connectivity index (χ0n) is 12.8. The van der Waals surface area contributed by atoms with E-state index in [0.717, 1.165) is 11.3 Å². The van der Waals surface area contributed by atoms with Crippen molar-refractivity contribution in [1.29, 1.82) is 0 Å². The van der Waals surface area contributed by atoms with Crippen molar-refractivity contribution in [3.63, 3.8) is 0 Å². The van der Waals surface area contributed by atoms with E-state index in [9.17, 15) is 4.79 Å². The number of carbonyl (C=O) groups is 1. The maximum Gasteiger partial charge on any atom is 0.277 e. The van der Waals surface area contributed by atoms with Crippen LogP contribution in [0.4, 0.5) is 0 Å². The molecule has 1 amide bonds. The first-order chi connectivity index (χ1) is 10.6. The van der Waals surface area contributed by atoms with Gasteiger partial charge in [-0.1, -0.05) is 11.8 Å². The molecule has 0 aliphatic heterocycles. The van der Waals surface area contributed by atoms with Gasteiger partial charge in [-0.3, -0.25) is 4.79 Å². The number of nitrogens with zero attached hydrogens (tertiary/aromatic N) is 2. The predicted molar refractivity (Wildman–Crippen MR) is 84.9 cm³/mol. The Kier molecular flexibility index (Phi) is 5.83. The largest absolute Gasteiger partial charge is 0.494 e. The standard InChI is InChI=1S/C15H19N3O3S/c1-4-20-12-7-5-11(6-8-12)14-17-18-15(21-14)22-9-13(19)16-10(2)3/h5-8,10H,4,9H2,1-3H3,(H,16,19). The molecule has 0 saturated heterocycles. The second-order valence-corrected chi connectivity index (χ2v) is 5.77. The highest BCUT2D eigenvalue weighted by Gasteiger charge is 2.11. The molecule has 0 saturated carbocycles. The molecule has 7 heteroatoms. The summed E-state index contributed by atoms with van der Waals surface area (Å²) in [5, 5.41) is 11.1. The van der Waals surface area contributed by atoms with E-state index in [4.69, 9.17) is 9.15 Å². The maximum absolute atomic E-state index is 11.6. The minimum absolute atomic E-state index is 0.0548. The Morgan fingerprint density at radius 1 is 1.32 bits per heavy atom. The quantitative estimate of drug-likeness (QED) is 0.790. The van der Waals surface area contributed by atoms with E-state index in [1.54, 1.807) is 0 Å². The molecule has 0 atom stereocenters. The number of hydrogen-bond acceptors (Lipinski definition) is 6. The number of nitrogens with one attached hydrogen (secondary N) is 1. The summed E-state index contributed by atoms with van der Waals surface area (Å²) in [4.78, 5) is 11.6. The van der Waals surface area contributed by atoms with Gasteiger partial charge in [0.2, 0.25) is 11.8 Å². The van der Waals surface area contributed by atoms with E-state index in [1.165, 1.54) is 11.8 Å². The zero-order valence-corrected chi connectivity index (χ0v) is 13.6. The number of amides is 1. The minimum atomic E-state index is -0.0548. The van der Waals surface area contributed by atoms with Crippen molar-refractivity contribution >= 4 is 17.7 Å². The van der Waals surface area contributed by atoms with E-state index in [1.807, 2.05) is 45.0 Å². The average molecular weight is 321 g/mol. The van der Waals surface area contributed by atoms with Crippen molar-refractivity contribution in [3.8, 4) is 17.2 Å². The van der Waals surface area contributed by atoms with Crippen LogP contribution in [0, 0.1) is 0 Å². The molecule has 6 nitrogen and oxygen atoms in total. The highest BCUT2D eigenvalue weighted by Crippen LogP contribution is 2.24. The lowest BCUT2D eigenvalue weighted by molar-refractivity contribution is -0.119. The van der Waals surface area contributed by atoms with Gasteiger partial charge in [0, 0.05) is 11.6 Å². The van der Waals surface area contributed by atoms with Gasteiger partial charge < -0.3 is 14.5 Å². The fourth-order valence-electron chi connectivity index (χ4n) is 1.74. The molecular weight excluding hydrogens is 302 g/mol. The predicted octanol–water partition coefficient (Wildman–Crippen LogP) is 2.75. The minimum Gasteiger partial charge on any atom is -0.494 e. The maximum atomic E-state index is 11.6. The Hall–Kier alpha value is -2.02. The number of aromatic nitrogens is 2. The third-order valence-corrected chi connectivity index (χ3v) is 3.41. The molecule has 22 heavy (non-hydrogen) atoms. The number of ether oxygens (including phenoxy) is 1. The molecule has 1 heterocycles. The Balaban J connectivity index is 1.94. The molecule has 0 fully saturated rings. The summed E-state index contributed by atoms with van der Waals surface area (Å²) in [5.74, 6) is 1.42. The van der Waals surface area contributed by atoms with Gasteiger partial charge >= 0.3 is 0 Å². The van der Waals surface area contributed by atoms with Gasteiger partial charge in [0.25, 0.3) is 5.22 Å². The molecule has 2 rings (SSSR count). The summed E-state index contributed by atoms with van der Waals surface area (Å²) in [6, 6.07) is 7.55. The van der Waals surface area contributed by atoms with Crippen molar-refractivity contribution < 1.29 is 13.9 Å². The van der Waals surface area contributed by atoms with Gasteiger partial charge in [0.05, 0.1) is 12.4 Å². The molecular formula is C15H19N3O3S. The third-order valence-electron chi connectivity index (χ3n) is 2.60. The zero-order chi connectivity index (χ0) is 15.9. The normalized spacial score (nSPS) is 10.7. The van der Waals surface area contributed by atoms with Crippen LogP contribution in [0.1, 0.15) is 20.8 Å². The Morgan fingerprint density at radius 3 is 2.68 bits per heavy atom. The van der Waals surface area contributed by atoms with Gasteiger partial charge in [-0.25, -0.2) is 0 Å². The van der Waals surface area contributed by atoms with E-state index < -0.39 is 0 Å². The third kappa shape index (κ3) is 4.77. The van der Waals surface area contributed by atoms with E-state index in [2.05, 4.69) is 15.5 Å². The molecule has 2 aromatic rings. The summed E-state index contributed by atoms with van der Waals surface area (Å²) in [6.07, 6.45) is 0. The topological polar surface area (TPSA) is 77.2 Å². The molecule has 0 aliphatic carbocycles. The number of carbonyl (C=O) groups excluding carboxylic acids is 1. The van der Waals surface area contributed by atoms with Crippen LogP contribution < -0.4 is 10.1 Å². The highest BCUT2D eigenvalue weighted by atomic mass is 32.2. The first-order valence-corrected chi connectivity index (χ1v) is 8.06. The summed E-state index contributed by atoms with van der Waals surface area (Å²) in [5.41, 5.74) is 0.814. The van der Waals surface area contributed by atoms with Crippen LogP contribution in [0.25, 0.3) is 11.5 Å². The van der Waals surface area contributed by atoms with Gasteiger partial charge in [0.15, 0.2) is 0 Å². The van der Waals surface area contributed by atoms with Crippen molar-refractivity contribution in [2.24, 2.45) is 0 Å². The molecule has 0 spiro atoms. The first kappa shape index (κ1) is 16.4. The monoisotopic (exact) mass is 321 g/mol. The fourth-order valence-corrected chi connectivity index (χ4v) is 2.31. The lowest BCUT2D eigenvalue weighted by Gasteiger charge is -2.06. The van der Waals surface area contributed by atoms with Crippen LogP contribution in [0.15, 0.2) is 33.9 Å². The molecule has 0 radical (unpaired) electrons. The fraction of sp³-hybridized carbons (Fsp3) is 0.400. The molecule has 1 aromatic carbocycles. The number of hydrogen-bond donors (Lipinski definition) is 1. The average Bonchev–Trinajstić information content (AvgIpc) is 2.94. The second kappa shape index (κ2) is 7.84. The molecule has 118 valence electrons. The van der Waals surface area contributed by atoms with Gasteiger partial charge in [0.1, 0.15) is 5.75 Å². The van der Waals surface area contributed by atoms with Crippen LogP contribution in [-0.2, 0) is 4.79 Å². The van der Waals surface area contributed by atoms with Crippen molar-refractivity contribution in [2.75, 3.05) is 12.4 Å². The number of rotatable bonds is 7. The number of benzene rings is 1. The van der Waals surface area contributed by atoms with Crippen molar-refractivity contribution in [3.05, 3.63) is 24.3 Å². The van der Waals surface area contributed by atoms with Crippen LogP contribution >= 0.6 is 11.8 Å². The molecule has 0 bridgehead atoms.